The van der Waals surface area contributed by atoms with E-state index < -0.39 is 0 Å². The van der Waals surface area contributed by atoms with Gasteiger partial charge in [-0.3, -0.25) is 4.79 Å². The van der Waals surface area contributed by atoms with Gasteiger partial charge in [0, 0.05) is 35.3 Å². The highest BCUT2D eigenvalue weighted by molar-refractivity contribution is 6.15. The zero-order valence-corrected chi connectivity index (χ0v) is 17.6. The van der Waals surface area contributed by atoms with E-state index in [2.05, 4.69) is 48.9 Å². The zero-order chi connectivity index (χ0) is 21.4. The van der Waals surface area contributed by atoms with E-state index in [0.29, 0.717) is 29.4 Å². The monoisotopic (exact) mass is 409 g/mol. The number of carbonyl (C=O) groups is 1. The van der Waals surface area contributed by atoms with Gasteiger partial charge in [0.1, 0.15) is 18.1 Å². The Hall–Kier alpha value is -3.79. The number of allylic oxidation sites excluding steroid dienone is 1. The molecular weight excluding hydrogens is 386 g/mol. The maximum Gasteiger partial charge on any atom is 0.231 e. The molecule has 0 aliphatic carbocycles. The number of para-hydroxylation sites is 1. The van der Waals surface area contributed by atoms with Crippen LogP contribution in [0.15, 0.2) is 78.7 Å². The van der Waals surface area contributed by atoms with E-state index in [0.717, 1.165) is 28.6 Å². The van der Waals surface area contributed by atoms with Crippen LogP contribution in [-0.4, -0.2) is 10.4 Å². The predicted octanol–water partition coefficient (Wildman–Crippen LogP) is 6.16. The fraction of sp³-hybridized carbons (Fsp3) is 0.148. The minimum absolute atomic E-state index is 0.103. The number of carbonyl (C=O) groups excluding carboxylic acids is 1. The highest BCUT2D eigenvalue weighted by Crippen LogP contribution is 2.36. The Morgan fingerprint density at radius 2 is 1.84 bits per heavy atom. The molecule has 0 fully saturated rings. The van der Waals surface area contributed by atoms with E-state index >= 15 is 0 Å². The molecule has 0 N–H and O–H groups in total. The third-order valence-corrected chi connectivity index (χ3v) is 5.74. The lowest BCUT2D eigenvalue weighted by atomic mass is 10.1. The summed E-state index contributed by atoms with van der Waals surface area (Å²) in [4.78, 5) is 12.9. The Labute approximate surface area is 181 Å². The predicted molar refractivity (Wildman–Crippen MR) is 123 cm³/mol. The summed E-state index contributed by atoms with van der Waals surface area (Å²) >= 11 is 0. The number of nitrogens with zero attached hydrogens (tertiary/aromatic N) is 1. The number of rotatable bonds is 5. The van der Waals surface area contributed by atoms with Crippen molar-refractivity contribution in [3.63, 3.8) is 0 Å². The molecule has 0 spiro atoms. The van der Waals surface area contributed by atoms with Gasteiger partial charge in [0.05, 0.1) is 5.56 Å². The molecule has 1 aliphatic rings. The second-order valence-electron chi connectivity index (χ2n) is 7.70. The SMILES string of the molecule is CCn1cc(C=C2Oc3cc(OCc4ccccc4C)ccc3C2=O)c2ccccc21. The van der Waals surface area contributed by atoms with Gasteiger partial charge >= 0.3 is 0 Å². The zero-order valence-electron chi connectivity index (χ0n) is 17.6. The molecule has 0 amide bonds. The highest BCUT2D eigenvalue weighted by Gasteiger charge is 2.28. The molecule has 1 aliphatic heterocycles. The Bertz CT molecular complexity index is 1330. The summed E-state index contributed by atoms with van der Waals surface area (Å²) < 4.78 is 14.1. The largest absolute Gasteiger partial charge is 0.489 e. The Morgan fingerprint density at radius 3 is 2.68 bits per heavy atom. The Balaban J connectivity index is 1.41. The first kappa shape index (κ1) is 19.2. The molecule has 0 atom stereocenters. The summed E-state index contributed by atoms with van der Waals surface area (Å²) in [6.45, 7) is 5.50. The number of ether oxygens (including phenoxy) is 2. The van der Waals surface area contributed by atoms with Gasteiger partial charge in [0.25, 0.3) is 0 Å². The molecule has 0 saturated heterocycles. The van der Waals surface area contributed by atoms with Crippen molar-refractivity contribution >= 4 is 22.8 Å². The van der Waals surface area contributed by atoms with E-state index in [-0.39, 0.29) is 5.78 Å². The number of benzene rings is 3. The molecule has 0 unspecified atom stereocenters. The smallest absolute Gasteiger partial charge is 0.231 e. The minimum Gasteiger partial charge on any atom is -0.489 e. The molecule has 4 heteroatoms. The van der Waals surface area contributed by atoms with Crippen LogP contribution in [0, 0.1) is 6.92 Å². The lowest BCUT2D eigenvalue weighted by Crippen LogP contribution is -1.98. The summed E-state index contributed by atoms with van der Waals surface area (Å²) in [7, 11) is 0. The van der Waals surface area contributed by atoms with Crippen molar-refractivity contribution < 1.29 is 14.3 Å². The second-order valence-corrected chi connectivity index (χ2v) is 7.70. The summed E-state index contributed by atoms with van der Waals surface area (Å²) in [5.41, 5.74) is 5.00. The number of aryl methyl sites for hydroxylation is 2. The first-order chi connectivity index (χ1) is 15.1. The van der Waals surface area contributed by atoms with Crippen LogP contribution in [0.25, 0.3) is 17.0 Å². The van der Waals surface area contributed by atoms with E-state index in [1.807, 2.05) is 36.4 Å². The van der Waals surface area contributed by atoms with Crippen LogP contribution in [0.3, 0.4) is 0 Å². The van der Waals surface area contributed by atoms with Crippen LogP contribution < -0.4 is 9.47 Å². The molecule has 2 heterocycles. The van der Waals surface area contributed by atoms with Crippen molar-refractivity contribution in [1.82, 2.24) is 4.57 Å². The maximum atomic E-state index is 12.9. The van der Waals surface area contributed by atoms with E-state index in [9.17, 15) is 4.79 Å². The number of ketones is 1. The normalized spacial score (nSPS) is 14.1. The molecule has 154 valence electrons. The first-order valence-corrected chi connectivity index (χ1v) is 10.5. The van der Waals surface area contributed by atoms with Crippen molar-refractivity contribution in [2.45, 2.75) is 27.0 Å². The molecule has 5 rings (SSSR count). The van der Waals surface area contributed by atoms with E-state index in [4.69, 9.17) is 9.47 Å². The molecule has 31 heavy (non-hydrogen) atoms. The van der Waals surface area contributed by atoms with Gasteiger partial charge in [0.2, 0.25) is 5.78 Å². The van der Waals surface area contributed by atoms with Crippen LogP contribution in [0.1, 0.15) is 34.0 Å². The first-order valence-electron chi connectivity index (χ1n) is 10.5. The van der Waals surface area contributed by atoms with Crippen LogP contribution in [0.4, 0.5) is 0 Å². The number of hydrogen-bond acceptors (Lipinski definition) is 3. The fourth-order valence-electron chi connectivity index (χ4n) is 3.98. The number of Topliss-reactive ketones (excluding diaryl/α,β-unsaturated/α-hetero) is 1. The summed E-state index contributed by atoms with van der Waals surface area (Å²) in [5, 5.41) is 1.10. The average molecular weight is 409 g/mol. The van der Waals surface area contributed by atoms with Crippen LogP contribution in [0.5, 0.6) is 11.5 Å². The van der Waals surface area contributed by atoms with Crippen molar-refractivity contribution in [1.29, 1.82) is 0 Å². The highest BCUT2D eigenvalue weighted by atomic mass is 16.5. The van der Waals surface area contributed by atoms with Gasteiger partial charge in [-0.1, -0.05) is 42.5 Å². The van der Waals surface area contributed by atoms with Crippen LogP contribution in [-0.2, 0) is 13.2 Å². The third-order valence-electron chi connectivity index (χ3n) is 5.74. The van der Waals surface area contributed by atoms with Crippen molar-refractivity contribution in [3.8, 4) is 11.5 Å². The van der Waals surface area contributed by atoms with Gasteiger partial charge in [0.15, 0.2) is 5.76 Å². The number of hydrogen-bond donors (Lipinski definition) is 0. The Kier molecular flexibility index (Phi) is 4.83. The van der Waals surface area contributed by atoms with Crippen LogP contribution in [0.2, 0.25) is 0 Å². The third kappa shape index (κ3) is 3.50. The number of aromatic nitrogens is 1. The van der Waals surface area contributed by atoms with Gasteiger partial charge in [-0.25, -0.2) is 0 Å². The molecular formula is C27H23NO3. The molecule has 0 bridgehead atoms. The maximum absolute atomic E-state index is 12.9. The van der Waals surface area contributed by atoms with Crippen LogP contribution >= 0.6 is 0 Å². The molecule has 4 aromatic rings. The Morgan fingerprint density at radius 1 is 1.03 bits per heavy atom. The topological polar surface area (TPSA) is 40.5 Å². The summed E-state index contributed by atoms with van der Waals surface area (Å²) in [6.07, 6.45) is 3.90. The lowest BCUT2D eigenvalue weighted by Gasteiger charge is -2.09. The summed E-state index contributed by atoms with van der Waals surface area (Å²) in [5.74, 6) is 1.45. The van der Waals surface area contributed by atoms with Crippen molar-refractivity contribution in [3.05, 3.63) is 101 Å². The van der Waals surface area contributed by atoms with E-state index in [1.54, 1.807) is 12.1 Å². The van der Waals surface area contributed by atoms with Gasteiger partial charge in [-0.15, -0.1) is 0 Å². The molecule has 1 aromatic heterocycles. The quantitative estimate of drug-likeness (QED) is 0.370. The molecule has 0 radical (unpaired) electrons. The summed E-state index contributed by atoms with van der Waals surface area (Å²) in [6, 6.07) is 21.7. The minimum atomic E-state index is -0.103. The molecule has 3 aromatic carbocycles. The van der Waals surface area contributed by atoms with Crippen molar-refractivity contribution in [2.24, 2.45) is 0 Å². The molecule has 4 nitrogen and oxygen atoms in total. The van der Waals surface area contributed by atoms with Gasteiger partial charge in [-0.2, -0.15) is 0 Å². The van der Waals surface area contributed by atoms with E-state index in [1.165, 1.54) is 5.56 Å². The lowest BCUT2D eigenvalue weighted by molar-refractivity contribution is 0.101. The second kappa shape index (κ2) is 7.80. The molecule has 0 saturated carbocycles. The van der Waals surface area contributed by atoms with Gasteiger partial charge < -0.3 is 14.0 Å². The van der Waals surface area contributed by atoms with Crippen molar-refractivity contribution in [2.75, 3.05) is 0 Å². The van der Waals surface area contributed by atoms with Gasteiger partial charge in [-0.05, 0) is 49.2 Å². The standard InChI is InChI=1S/C27H23NO3/c1-3-28-16-20(22-10-6-7-11-24(22)28)14-26-27(29)23-13-12-21(15-25(23)31-26)30-17-19-9-5-4-8-18(19)2/h4-16H,3,17H2,1-2H3. The number of fused-ring (bicyclic) bond motifs is 2. The fourth-order valence-corrected chi connectivity index (χ4v) is 3.98. The average Bonchev–Trinajstić information content (AvgIpc) is 3.30.